The summed E-state index contributed by atoms with van der Waals surface area (Å²) in [5, 5.41) is 0.791. The third kappa shape index (κ3) is 2.02. The predicted octanol–water partition coefficient (Wildman–Crippen LogP) is 2.70. The van der Waals surface area contributed by atoms with E-state index in [0.717, 1.165) is 3.57 Å². The van der Waals surface area contributed by atoms with Gasteiger partial charge in [0.25, 0.3) is 0 Å². The molecule has 0 bridgehead atoms. The van der Waals surface area contributed by atoms with Crippen molar-refractivity contribution in [1.29, 1.82) is 0 Å². The van der Waals surface area contributed by atoms with Crippen molar-refractivity contribution in [2.45, 2.75) is 0 Å². The number of hydrogen-bond acceptors (Lipinski definition) is 1. The Labute approximate surface area is 93.2 Å². The molecule has 1 aromatic rings. The molecule has 12 heavy (non-hydrogen) atoms. The Hall–Kier alpha value is -0.000000000000000111. The van der Waals surface area contributed by atoms with Crippen molar-refractivity contribution < 1.29 is 4.79 Å². The fraction of sp³-hybridized carbons (Fsp3) is 0. The summed E-state index contributed by atoms with van der Waals surface area (Å²) < 4.78 is 0.718. The Morgan fingerprint density at radius 1 is 1.42 bits per heavy atom. The maximum atomic E-state index is 10.7. The van der Waals surface area contributed by atoms with Gasteiger partial charge in [-0.05, 0) is 34.7 Å². The second-order valence-electron chi connectivity index (χ2n) is 2.12. The van der Waals surface area contributed by atoms with Gasteiger partial charge in [-0.3, -0.25) is 4.79 Å². The first kappa shape index (κ1) is 10.1. The highest BCUT2D eigenvalue weighted by Gasteiger charge is 2.08. The van der Waals surface area contributed by atoms with Crippen LogP contribution in [0, 0.1) is 3.57 Å². The molecule has 2 N–H and O–H groups in total. The molecule has 0 aliphatic carbocycles. The van der Waals surface area contributed by atoms with Gasteiger partial charge in [-0.15, -0.1) is 0 Å². The fourth-order valence-corrected chi connectivity index (χ4v) is 1.81. The fourth-order valence-electron chi connectivity index (χ4n) is 0.698. The van der Waals surface area contributed by atoms with Gasteiger partial charge in [0.15, 0.2) is 0 Å². The Balaban J connectivity index is 3.31. The van der Waals surface area contributed by atoms with E-state index in [-0.39, 0.29) is 0 Å². The monoisotopic (exact) mass is 315 g/mol. The number of amides is 1. The molecule has 0 heterocycles. The lowest BCUT2D eigenvalue weighted by molar-refractivity contribution is 0.100. The van der Waals surface area contributed by atoms with E-state index in [9.17, 15) is 4.79 Å². The summed E-state index contributed by atoms with van der Waals surface area (Å²) >= 11 is 13.5. The molecular formula is C7H4Cl2INO. The van der Waals surface area contributed by atoms with E-state index in [4.69, 9.17) is 28.9 Å². The lowest BCUT2D eigenvalue weighted by Gasteiger charge is -2.01. The van der Waals surface area contributed by atoms with Crippen LogP contribution in [0.1, 0.15) is 10.4 Å². The Bertz CT molecular complexity index is 317. The molecule has 0 fully saturated rings. The first-order valence-corrected chi connectivity index (χ1v) is 4.80. The zero-order chi connectivity index (χ0) is 9.30. The number of carbonyl (C=O) groups is 1. The zero-order valence-corrected chi connectivity index (χ0v) is 9.44. The van der Waals surface area contributed by atoms with Crippen molar-refractivity contribution in [3.05, 3.63) is 31.3 Å². The van der Waals surface area contributed by atoms with Crippen LogP contribution in [0.3, 0.4) is 0 Å². The molecule has 0 aliphatic rings. The van der Waals surface area contributed by atoms with Crippen molar-refractivity contribution in [1.82, 2.24) is 0 Å². The second kappa shape index (κ2) is 3.81. The van der Waals surface area contributed by atoms with Crippen LogP contribution >= 0.6 is 45.8 Å². The molecular weight excluding hydrogens is 312 g/mol. The molecule has 0 atom stereocenters. The minimum Gasteiger partial charge on any atom is -0.366 e. The average molecular weight is 316 g/mol. The van der Waals surface area contributed by atoms with Crippen LogP contribution < -0.4 is 5.73 Å². The summed E-state index contributed by atoms with van der Waals surface area (Å²) in [6.07, 6.45) is 0. The number of hydrogen-bond donors (Lipinski definition) is 1. The Morgan fingerprint density at radius 3 is 2.42 bits per heavy atom. The van der Waals surface area contributed by atoms with Crippen LogP contribution in [0.15, 0.2) is 12.1 Å². The van der Waals surface area contributed by atoms with E-state index >= 15 is 0 Å². The van der Waals surface area contributed by atoms with Gasteiger partial charge in [0.1, 0.15) is 0 Å². The molecule has 2 nitrogen and oxygen atoms in total. The SMILES string of the molecule is NC(=O)c1cc(Cl)c(Cl)c(I)c1. The van der Waals surface area contributed by atoms with Crippen LogP contribution in [0.25, 0.3) is 0 Å². The Kier molecular flexibility index (Phi) is 3.20. The summed E-state index contributed by atoms with van der Waals surface area (Å²) in [5.74, 6) is -0.508. The Morgan fingerprint density at radius 2 is 2.00 bits per heavy atom. The zero-order valence-electron chi connectivity index (χ0n) is 5.77. The van der Waals surface area contributed by atoms with E-state index in [2.05, 4.69) is 0 Å². The first-order chi connectivity index (χ1) is 5.52. The molecule has 1 amide bonds. The smallest absolute Gasteiger partial charge is 0.248 e. The van der Waals surface area contributed by atoms with Crippen LogP contribution in [0.5, 0.6) is 0 Å². The van der Waals surface area contributed by atoms with Crippen LogP contribution in [-0.4, -0.2) is 5.91 Å². The topological polar surface area (TPSA) is 43.1 Å². The van der Waals surface area contributed by atoms with Crippen molar-refractivity contribution in [2.24, 2.45) is 5.73 Å². The number of carbonyl (C=O) groups excluding carboxylic acids is 1. The van der Waals surface area contributed by atoms with Crippen molar-refractivity contribution in [2.75, 3.05) is 0 Å². The van der Waals surface area contributed by atoms with Gasteiger partial charge in [0.05, 0.1) is 10.0 Å². The molecule has 0 aromatic heterocycles. The molecule has 0 spiro atoms. The number of benzene rings is 1. The lowest BCUT2D eigenvalue weighted by atomic mass is 10.2. The van der Waals surface area contributed by atoms with Gasteiger partial charge in [-0.2, -0.15) is 0 Å². The summed E-state index contributed by atoms with van der Waals surface area (Å²) in [7, 11) is 0. The van der Waals surface area contributed by atoms with E-state index in [1.807, 2.05) is 22.6 Å². The van der Waals surface area contributed by atoms with Crippen LogP contribution in [0.2, 0.25) is 10.0 Å². The summed E-state index contributed by atoms with van der Waals surface area (Å²) in [5.41, 5.74) is 5.43. The third-order valence-corrected chi connectivity index (χ3v) is 3.24. The van der Waals surface area contributed by atoms with Crippen LogP contribution in [-0.2, 0) is 0 Å². The summed E-state index contributed by atoms with van der Waals surface area (Å²) in [6, 6.07) is 3.05. The van der Waals surface area contributed by atoms with E-state index in [1.165, 1.54) is 6.07 Å². The van der Waals surface area contributed by atoms with Gasteiger partial charge < -0.3 is 5.73 Å². The second-order valence-corrected chi connectivity index (χ2v) is 4.07. The molecule has 0 aliphatic heterocycles. The molecule has 0 radical (unpaired) electrons. The predicted molar refractivity (Wildman–Crippen MR) is 57.7 cm³/mol. The number of primary amides is 1. The molecule has 0 saturated heterocycles. The minimum atomic E-state index is -0.508. The third-order valence-electron chi connectivity index (χ3n) is 1.27. The van der Waals surface area contributed by atoms with E-state index in [0.29, 0.717) is 15.6 Å². The first-order valence-electron chi connectivity index (χ1n) is 2.96. The minimum absolute atomic E-state index is 0.345. The highest BCUT2D eigenvalue weighted by atomic mass is 127. The van der Waals surface area contributed by atoms with Crippen molar-refractivity contribution >= 4 is 51.7 Å². The maximum absolute atomic E-state index is 10.7. The number of rotatable bonds is 1. The van der Waals surface area contributed by atoms with Crippen LogP contribution in [0.4, 0.5) is 0 Å². The number of halogens is 3. The highest BCUT2D eigenvalue weighted by Crippen LogP contribution is 2.28. The van der Waals surface area contributed by atoms with Crippen molar-refractivity contribution in [3.63, 3.8) is 0 Å². The molecule has 0 unspecified atom stereocenters. The van der Waals surface area contributed by atoms with Gasteiger partial charge >= 0.3 is 0 Å². The van der Waals surface area contributed by atoms with Crippen molar-refractivity contribution in [3.8, 4) is 0 Å². The summed E-state index contributed by atoms with van der Waals surface area (Å²) in [6.45, 7) is 0. The molecule has 5 heteroatoms. The standard InChI is InChI=1S/C7H4Cl2INO/c8-4-1-3(7(11)12)2-5(10)6(4)9/h1-2H,(H2,11,12). The molecule has 1 rings (SSSR count). The molecule has 1 aromatic carbocycles. The van der Waals surface area contributed by atoms with E-state index < -0.39 is 5.91 Å². The van der Waals surface area contributed by atoms with Gasteiger partial charge in [0.2, 0.25) is 5.91 Å². The van der Waals surface area contributed by atoms with Gasteiger partial charge in [-0.25, -0.2) is 0 Å². The normalized spacial score (nSPS) is 9.92. The quantitative estimate of drug-likeness (QED) is 0.628. The number of nitrogens with two attached hydrogens (primary N) is 1. The van der Waals surface area contributed by atoms with Gasteiger partial charge in [0, 0.05) is 9.13 Å². The van der Waals surface area contributed by atoms with Gasteiger partial charge in [-0.1, -0.05) is 23.2 Å². The van der Waals surface area contributed by atoms with E-state index in [1.54, 1.807) is 6.07 Å². The highest BCUT2D eigenvalue weighted by molar-refractivity contribution is 14.1. The summed E-state index contributed by atoms with van der Waals surface area (Å²) in [4.78, 5) is 10.7. The molecule has 64 valence electrons. The molecule has 0 saturated carbocycles. The maximum Gasteiger partial charge on any atom is 0.248 e. The largest absolute Gasteiger partial charge is 0.366 e. The lowest BCUT2D eigenvalue weighted by Crippen LogP contribution is -2.11. The average Bonchev–Trinajstić information content (AvgIpc) is 1.99.